The summed E-state index contributed by atoms with van der Waals surface area (Å²) in [7, 11) is 0. The highest BCUT2D eigenvalue weighted by Gasteiger charge is 2.24. The summed E-state index contributed by atoms with van der Waals surface area (Å²) in [6.07, 6.45) is 62.4. The van der Waals surface area contributed by atoms with Gasteiger partial charge in [0.25, 0.3) is 0 Å². The van der Waals surface area contributed by atoms with Gasteiger partial charge in [0, 0.05) is 6.42 Å². The maximum absolute atomic E-state index is 13.3. The quantitative estimate of drug-likeness (QED) is 0.0321. The van der Waals surface area contributed by atoms with Crippen molar-refractivity contribution in [3.63, 3.8) is 0 Å². The maximum atomic E-state index is 13.3. The van der Waals surface area contributed by atoms with Gasteiger partial charge in [-0.2, -0.15) is 0 Å². The Bertz CT molecular complexity index is 1030. The number of aliphatic hydroxyl groups excluding tert-OH is 2. The fourth-order valence-electron chi connectivity index (χ4n) is 9.13. The molecule has 3 unspecified atom stereocenters. The van der Waals surface area contributed by atoms with Crippen LogP contribution >= 0.6 is 0 Å². The molecule has 0 saturated carbocycles. The van der Waals surface area contributed by atoms with Crippen molar-refractivity contribution in [1.29, 1.82) is 0 Å². The summed E-state index contributed by atoms with van der Waals surface area (Å²) < 4.78 is 5.96. The molecule has 1 amide bonds. The lowest BCUT2D eigenvalue weighted by Gasteiger charge is -2.24. The molecular formula is C59H113NO5. The normalized spacial score (nSPS) is 13.2. The average Bonchev–Trinajstić information content (AvgIpc) is 3.30. The number of ether oxygens (including phenoxy) is 1. The standard InChI is InChI=1S/C59H113NO5/c1-4-7-10-13-16-19-22-25-28-29-31-32-35-38-41-44-47-50-55(65-59(64)52-49-46-43-40-37-34-30-26-23-20-17-14-11-8-5-2)53-58(63)60-56(54-61)57(62)51-48-45-42-39-36-33-27-24-21-18-15-12-9-6-3/h17,20,23,26,55-57,61-62H,4-16,18-19,21-22,24-25,27-54H2,1-3H3,(H,60,63)/b20-17+,26-23+. The summed E-state index contributed by atoms with van der Waals surface area (Å²) in [5, 5.41) is 23.9. The third-order valence-corrected chi connectivity index (χ3v) is 13.6. The van der Waals surface area contributed by atoms with Crippen LogP contribution in [0, 0.1) is 0 Å². The molecule has 65 heavy (non-hydrogen) atoms. The number of allylic oxidation sites excluding steroid dienone is 4. The van der Waals surface area contributed by atoms with Crippen LogP contribution in [0.1, 0.15) is 316 Å². The van der Waals surface area contributed by atoms with Crippen molar-refractivity contribution in [3.05, 3.63) is 24.3 Å². The number of hydrogen-bond acceptors (Lipinski definition) is 5. The van der Waals surface area contributed by atoms with Gasteiger partial charge in [0.1, 0.15) is 6.10 Å². The largest absolute Gasteiger partial charge is 0.462 e. The average molecular weight is 917 g/mol. The van der Waals surface area contributed by atoms with Crippen LogP contribution < -0.4 is 5.32 Å². The third kappa shape index (κ3) is 48.6. The van der Waals surface area contributed by atoms with Crippen molar-refractivity contribution in [1.82, 2.24) is 5.32 Å². The highest BCUT2D eigenvalue weighted by molar-refractivity contribution is 5.77. The number of amides is 1. The highest BCUT2D eigenvalue weighted by Crippen LogP contribution is 2.19. The lowest BCUT2D eigenvalue weighted by atomic mass is 10.0. The molecule has 3 atom stereocenters. The molecule has 0 heterocycles. The molecule has 0 aromatic rings. The van der Waals surface area contributed by atoms with Crippen LogP contribution in [0.15, 0.2) is 24.3 Å². The van der Waals surface area contributed by atoms with Gasteiger partial charge in [-0.25, -0.2) is 0 Å². The first-order valence-corrected chi connectivity index (χ1v) is 29.1. The van der Waals surface area contributed by atoms with Crippen LogP contribution in [-0.2, 0) is 14.3 Å². The summed E-state index contributed by atoms with van der Waals surface area (Å²) in [5.74, 6) is -0.467. The van der Waals surface area contributed by atoms with E-state index >= 15 is 0 Å². The summed E-state index contributed by atoms with van der Waals surface area (Å²) in [6, 6.07) is -0.700. The van der Waals surface area contributed by atoms with E-state index < -0.39 is 18.2 Å². The molecule has 3 N–H and O–H groups in total. The van der Waals surface area contributed by atoms with Gasteiger partial charge in [-0.05, 0) is 51.4 Å². The second kappa shape index (κ2) is 53.3. The number of carbonyl (C=O) groups is 2. The van der Waals surface area contributed by atoms with Crippen LogP contribution in [0.25, 0.3) is 0 Å². The Morgan fingerprint density at radius 2 is 0.769 bits per heavy atom. The zero-order valence-corrected chi connectivity index (χ0v) is 43.9. The van der Waals surface area contributed by atoms with Crippen LogP contribution in [0.4, 0.5) is 0 Å². The minimum absolute atomic E-state index is 0.0791. The smallest absolute Gasteiger partial charge is 0.306 e. The van der Waals surface area contributed by atoms with Crippen molar-refractivity contribution in [2.24, 2.45) is 0 Å². The molecule has 0 fully saturated rings. The first-order valence-electron chi connectivity index (χ1n) is 29.1. The fraction of sp³-hybridized carbons (Fsp3) is 0.898. The van der Waals surface area contributed by atoms with E-state index in [2.05, 4.69) is 50.4 Å². The molecule has 0 rings (SSSR count). The number of rotatable bonds is 53. The highest BCUT2D eigenvalue weighted by atomic mass is 16.5. The molecule has 0 aliphatic carbocycles. The number of aliphatic hydroxyl groups is 2. The van der Waals surface area contributed by atoms with E-state index in [0.29, 0.717) is 19.3 Å². The molecule has 0 aliphatic heterocycles. The van der Waals surface area contributed by atoms with Gasteiger partial charge < -0.3 is 20.3 Å². The topological polar surface area (TPSA) is 95.9 Å². The summed E-state index contributed by atoms with van der Waals surface area (Å²) >= 11 is 0. The zero-order chi connectivity index (χ0) is 47.4. The van der Waals surface area contributed by atoms with E-state index in [4.69, 9.17) is 4.74 Å². The summed E-state index contributed by atoms with van der Waals surface area (Å²) in [6.45, 7) is 6.49. The van der Waals surface area contributed by atoms with Crippen molar-refractivity contribution in [2.75, 3.05) is 6.61 Å². The first kappa shape index (κ1) is 63.3. The Morgan fingerprint density at radius 3 is 1.17 bits per heavy atom. The number of esters is 1. The van der Waals surface area contributed by atoms with E-state index in [1.165, 1.54) is 218 Å². The zero-order valence-electron chi connectivity index (χ0n) is 43.9. The molecule has 0 saturated heterocycles. The Labute approximate surface area is 405 Å². The Morgan fingerprint density at radius 1 is 0.446 bits per heavy atom. The molecule has 6 nitrogen and oxygen atoms in total. The van der Waals surface area contributed by atoms with E-state index in [-0.39, 0.29) is 24.9 Å². The predicted octanol–water partition coefficient (Wildman–Crippen LogP) is 17.9. The number of unbranched alkanes of at least 4 members (excludes halogenated alkanes) is 38. The SMILES string of the molecule is CCCCC/C=C/C=C/CCCCCCCCC(=O)OC(CCCCCCCCCCCCCCCCCCC)CC(=O)NC(CO)C(O)CCCCCCCCCCCCCCCC. The van der Waals surface area contributed by atoms with Crippen LogP contribution in [-0.4, -0.2) is 46.9 Å². The van der Waals surface area contributed by atoms with Crippen molar-refractivity contribution >= 4 is 11.9 Å². The Kier molecular flexibility index (Phi) is 51.9. The van der Waals surface area contributed by atoms with Crippen molar-refractivity contribution in [3.8, 4) is 0 Å². The lowest BCUT2D eigenvalue weighted by molar-refractivity contribution is -0.151. The second-order valence-corrected chi connectivity index (χ2v) is 20.1. The van der Waals surface area contributed by atoms with Gasteiger partial charge in [-0.3, -0.25) is 9.59 Å². The van der Waals surface area contributed by atoms with E-state index in [1.807, 2.05) is 0 Å². The first-order chi connectivity index (χ1) is 32.0. The van der Waals surface area contributed by atoms with Gasteiger partial charge in [0.2, 0.25) is 5.91 Å². The second-order valence-electron chi connectivity index (χ2n) is 20.1. The number of nitrogens with one attached hydrogen (secondary N) is 1. The van der Waals surface area contributed by atoms with Gasteiger partial charge in [0.15, 0.2) is 0 Å². The minimum atomic E-state index is -0.786. The van der Waals surface area contributed by atoms with E-state index in [1.54, 1.807) is 0 Å². The fourth-order valence-corrected chi connectivity index (χ4v) is 9.13. The molecule has 0 aliphatic rings. The predicted molar refractivity (Wildman–Crippen MR) is 283 cm³/mol. The Balaban J connectivity index is 4.54. The molecule has 6 heteroatoms. The molecular weight excluding hydrogens is 803 g/mol. The monoisotopic (exact) mass is 916 g/mol. The van der Waals surface area contributed by atoms with Gasteiger partial charge in [-0.1, -0.05) is 276 Å². The number of carbonyl (C=O) groups excluding carboxylic acids is 2. The number of hydrogen-bond donors (Lipinski definition) is 3. The van der Waals surface area contributed by atoms with Crippen LogP contribution in [0.3, 0.4) is 0 Å². The molecule has 384 valence electrons. The molecule has 0 radical (unpaired) electrons. The lowest BCUT2D eigenvalue weighted by Crippen LogP contribution is -2.46. The molecule has 0 spiro atoms. The molecule has 0 aromatic carbocycles. The molecule has 0 bridgehead atoms. The third-order valence-electron chi connectivity index (χ3n) is 13.6. The van der Waals surface area contributed by atoms with Crippen molar-refractivity contribution < 1.29 is 24.5 Å². The summed E-state index contributed by atoms with van der Waals surface area (Å²) in [4.78, 5) is 26.3. The van der Waals surface area contributed by atoms with Crippen LogP contribution in [0.5, 0.6) is 0 Å². The molecule has 0 aromatic heterocycles. The van der Waals surface area contributed by atoms with Crippen molar-refractivity contribution in [2.45, 2.75) is 334 Å². The van der Waals surface area contributed by atoms with Gasteiger partial charge >= 0.3 is 5.97 Å². The van der Waals surface area contributed by atoms with Crippen LogP contribution in [0.2, 0.25) is 0 Å². The Hall–Kier alpha value is -1.66. The minimum Gasteiger partial charge on any atom is -0.462 e. The summed E-state index contributed by atoms with van der Waals surface area (Å²) in [5.41, 5.74) is 0. The maximum Gasteiger partial charge on any atom is 0.306 e. The van der Waals surface area contributed by atoms with E-state index in [0.717, 1.165) is 51.4 Å². The van der Waals surface area contributed by atoms with Gasteiger partial charge in [-0.15, -0.1) is 0 Å². The van der Waals surface area contributed by atoms with E-state index in [9.17, 15) is 19.8 Å². The van der Waals surface area contributed by atoms with Gasteiger partial charge in [0.05, 0.1) is 25.2 Å².